The third-order valence-electron chi connectivity index (χ3n) is 6.61. The van der Waals surface area contributed by atoms with Crippen molar-refractivity contribution in [2.75, 3.05) is 14.2 Å². The fourth-order valence-electron chi connectivity index (χ4n) is 4.64. The second-order valence-corrected chi connectivity index (χ2v) is 10.4. The lowest BCUT2D eigenvalue weighted by molar-refractivity contribution is -0.138. The molecule has 0 aliphatic rings. The molecule has 13 heteroatoms. The largest absolute Gasteiger partial charge is 0.496 e. The summed E-state index contributed by atoms with van der Waals surface area (Å²) in [6, 6.07) is 14.3. The van der Waals surface area contributed by atoms with E-state index in [1.165, 1.54) is 25.6 Å². The molecule has 0 unspecified atom stereocenters. The summed E-state index contributed by atoms with van der Waals surface area (Å²) < 4.78 is 78.9. The second-order valence-electron chi connectivity index (χ2n) is 9.44. The van der Waals surface area contributed by atoms with Crippen molar-refractivity contribution in [2.45, 2.75) is 19.2 Å². The monoisotopic (exact) mass is 611 g/mol. The van der Waals surface area contributed by atoms with Gasteiger partial charge in [-0.1, -0.05) is 30.3 Å². The van der Waals surface area contributed by atoms with Crippen LogP contribution in [0.2, 0.25) is 0 Å². The van der Waals surface area contributed by atoms with Crippen LogP contribution in [0.5, 0.6) is 16.7 Å². The zero-order chi connectivity index (χ0) is 30.3. The Morgan fingerprint density at radius 3 is 2.56 bits per heavy atom. The lowest BCUT2D eigenvalue weighted by Gasteiger charge is -2.13. The molecule has 220 valence electrons. The van der Waals surface area contributed by atoms with Crippen molar-refractivity contribution < 1.29 is 41.0 Å². The van der Waals surface area contributed by atoms with E-state index in [0.29, 0.717) is 61.3 Å². The van der Waals surface area contributed by atoms with Crippen LogP contribution in [0.25, 0.3) is 27.4 Å². The lowest BCUT2D eigenvalue weighted by atomic mass is 9.97. The molecule has 3 aromatic heterocycles. The van der Waals surface area contributed by atoms with Crippen molar-refractivity contribution in [3.63, 3.8) is 0 Å². The van der Waals surface area contributed by atoms with Gasteiger partial charge in [-0.25, -0.2) is 13.9 Å². The maximum Gasteiger partial charge on any atom is 0.417 e. The molecule has 0 atom stereocenters. The van der Waals surface area contributed by atoms with Gasteiger partial charge in [-0.05, 0) is 40.7 Å². The normalized spacial score (nSPS) is 11.8. The Labute approximate surface area is 245 Å². The number of methoxy groups -OCH3 is 2. The number of fused-ring (bicyclic) bond motifs is 2. The Morgan fingerprint density at radius 1 is 1.02 bits per heavy atom. The highest BCUT2D eigenvalue weighted by molar-refractivity contribution is 7.18. The van der Waals surface area contributed by atoms with Crippen LogP contribution >= 0.6 is 11.3 Å². The van der Waals surface area contributed by atoms with Crippen molar-refractivity contribution >= 4 is 33.1 Å². The summed E-state index contributed by atoms with van der Waals surface area (Å²) >= 11 is 1.28. The van der Waals surface area contributed by atoms with Gasteiger partial charge in [0.2, 0.25) is 4.96 Å². The van der Waals surface area contributed by atoms with Crippen LogP contribution in [0.15, 0.2) is 71.3 Å². The standard InChI is InChI=1S/C30H21F4N3O5S/c1-39-18-11-24(19-13-26(42-25(19)12-18)22-14-37-28(35-22)43-29(36-37)40-2)41-15-17-6-3-5-16(9-17)10-23(38)27-20(30(32,33)34)7-4-8-21(27)31/h3-9,11-14H,10,15H2,1-2H3. The quantitative estimate of drug-likeness (QED) is 0.125. The highest BCUT2D eigenvalue weighted by atomic mass is 32.1. The van der Waals surface area contributed by atoms with Crippen LogP contribution in [0.1, 0.15) is 27.0 Å². The van der Waals surface area contributed by atoms with Gasteiger partial charge < -0.3 is 18.6 Å². The van der Waals surface area contributed by atoms with Crippen LogP contribution in [0.3, 0.4) is 0 Å². The maximum atomic E-state index is 14.3. The Kier molecular flexibility index (Phi) is 7.26. The number of furan rings is 1. The highest BCUT2D eigenvalue weighted by Gasteiger charge is 2.36. The summed E-state index contributed by atoms with van der Waals surface area (Å²) in [5.74, 6) is -0.765. The van der Waals surface area contributed by atoms with Gasteiger partial charge in [0.25, 0.3) is 5.19 Å². The van der Waals surface area contributed by atoms with E-state index in [-0.39, 0.29) is 6.61 Å². The third-order valence-corrected chi connectivity index (χ3v) is 7.49. The van der Waals surface area contributed by atoms with E-state index in [9.17, 15) is 22.4 Å². The molecule has 8 nitrogen and oxygen atoms in total. The number of Topliss-reactive ketones (excluding diaryl/α,β-unsaturated/α-hetero) is 1. The molecular formula is C30H21F4N3O5S. The Balaban J connectivity index is 1.24. The minimum absolute atomic E-state index is 0.0578. The molecule has 6 rings (SSSR count). The zero-order valence-electron chi connectivity index (χ0n) is 22.6. The Morgan fingerprint density at radius 2 is 1.81 bits per heavy atom. The van der Waals surface area contributed by atoms with Crippen molar-refractivity contribution in [3.8, 4) is 28.1 Å². The average molecular weight is 612 g/mol. The predicted octanol–water partition coefficient (Wildman–Crippen LogP) is 7.38. The average Bonchev–Trinajstić information content (AvgIpc) is 3.68. The molecular weight excluding hydrogens is 590 g/mol. The van der Waals surface area contributed by atoms with Crippen LogP contribution in [0.4, 0.5) is 17.6 Å². The van der Waals surface area contributed by atoms with E-state index in [0.717, 1.165) is 12.1 Å². The number of carbonyl (C=O) groups is 1. The van der Waals surface area contributed by atoms with Crippen LogP contribution in [0, 0.1) is 5.82 Å². The number of ketones is 1. The molecule has 0 radical (unpaired) electrons. The highest BCUT2D eigenvalue weighted by Crippen LogP contribution is 2.38. The predicted molar refractivity (Wildman–Crippen MR) is 149 cm³/mol. The smallest absolute Gasteiger partial charge is 0.417 e. The van der Waals surface area contributed by atoms with E-state index in [2.05, 4.69) is 10.1 Å². The number of halogens is 4. The van der Waals surface area contributed by atoms with E-state index >= 15 is 0 Å². The minimum Gasteiger partial charge on any atom is -0.496 e. The third kappa shape index (κ3) is 5.63. The molecule has 0 bridgehead atoms. The first-order valence-corrected chi connectivity index (χ1v) is 13.6. The summed E-state index contributed by atoms with van der Waals surface area (Å²) in [7, 11) is 3.04. The molecule has 3 aromatic carbocycles. The second kappa shape index (κ2) is 11.1. The zero-order valence-corrected chi connectivity index (χ0v) is 23.4. The van der Waals surface area contributed by atoms with Gasteiger partial charge in [0.1, 0.15) is 35.2 Å². The first kappa shape index (κ1) is 28.2. The number of imidazole rings is 1. The van der Waals surface area contributed by atoms with Gasteiger partial charge in [0.15, 0.2) is 11.5 Å². The summed E-state index contributed by atoms with van der Waals surface area (Å²) in [6.45, 7) is 0.0578. The molecule has 3 heterocycles. The van der Waals surface area contributed by atoms with Gasteiger partial charge in [-0.3, -0.25) is 4.79 Å². The molecule has 43 heavy (non-hydrogen) atoms. The molecule has 0 N–H and O–H groups in total. The number of ether oxygens (including phenoxy) is 3. The lowest BCUT2D eigenvalue weighted by Crippen LogP contribution is -2.16. The van der Waals surface area contributed by atoms with Crippen molar-refractivity contribution in [1.29, 1.82) is 0 Å². The van der Waals surface area contributed by atoms with Crippen molar-refractivity contribution in [3.05, 3.63) is 94.9 Å². The molecule has 0 amide bonds. The van der Waals surface area contributed by atoms with Crippen LogP contribution in [-0.2, 0) is 19.2 Å². The fraction of sp³-hybridized carbons (Fsp3) is 0.167. The number of aromatic nitrogens is 3. The molecule has 0 aliphatic carbocycles. The molecule has 0 fully saturated rings. The van der Waals surface area contributed by atoms with Gasteiger partial charge in [0.05, 0.1) is 36.9 Å². The summed E-state index contributed by atoms with van der Waals surface area (Å²) in [4.78, 5) is 18.0. The number of alkyl halides is 3. The first-order chi connectivity index (χ1) is 20.6. The SMILES string of the molecule is COc1cc(OCc2cccc(CC(=O)c3c(F)cccc3C(F)(F)F)c2)c2cc(-c3cn4nc(OC)sc4n3)oc2c1. The molecule has 0 aliphatic heterocycles. The number of carbonyl (C=O) groups excluding carboxylic acids is 1. The summed E-state index contributed by atoms with van der Waals surface area (Å²) in [5, 5.41) is 5.41. The molecule has 0 spiro atoms. The molecule has 0 saturated carbocycles. The van der Waals surface area contributed by atoms with Crippen LogP contribution < -0.4 is 14.2 Å². The Hall–Kier alpha value is -4.91. The fourth-order valence-corrected chi connectivity index (χ4v) is 5.34. The minimum atomic E-state index is -4.87. The number of hydrogen-bond donors (Lipinski definition) is 0. The van der Waals surface area contributed by atoms with Gasteiger partial charge in [-0.2, -0.15) is 13.2 Å². The number of nitrogens with zero attached hydrogens (tertiary/aromatic N) is 3. The first-order valence-electron chi connectivity index (χ1n) is 12.7. The van der Waals surface area contributed by atoms with Gasteiger partial charge >= 0.3 is 6.18 Å². The maximum absolute atomic E-state index is 14.3. The topological polar surface area (TPSA) is 88.1 Å². The number of rotatable bonds is 9. The van der Waals surface area contributed by atoms with E-state index in [4.69, 9.17) is 18.6 Å². The van der Waals surface area contributed by atoms with Crippen molar-refractivity contribution in [1.82, 2.24) is 14.6 Å². The summed E-state index contributed by atoms with van der Waals surface area (Å²) in [5.41, 5.74) is -0.166. The van der Waals surface area contributed by atoms with Gasteiger partial charge in [0, 0.05) is 18.6 Å². The van der Waals surface area contributed by atoms with E-state index in [1.807, 2.05) is 0 Å². The van der Waals surface area contributed by atoms with E-state index < -0.39 is 35.3 Å². The van der Waals surface area contributed by atoms with E-state index in [1.54, 1.807) is 53.2 Å². The van der Waals surface area contributed by atoms with Crippen LogP contribution in [-0.4, -0.2) is 34.6 Å². The number of hydrogen-bond acceptors (Lipinski definition) is 8. The van der Waals surface area contributed by atoms with Crippen molar-refractivity contribution in [2.24, 2.45) is 0 Å². The molecule has 6 aromatic rings. The Bertz CT molecular complexity index is 1950. The number of benzene rings is 3. The van der Waals surface area contributed by atoms with Gasteiger partial charge in [-0.15, -0.1) is 5.10 Å². The summed E-state index contributed by atoms with van der Waals surface area (Å²) in [6.07, 6.45) is -3.57. The molecule has 0 saturated heterocycles.